The Kier molecular flexibility index (Phi) is 4.75. The van der Waals surface area contributed by atoms with Gasteiger partial charge in [-0.3, -0.25) is 14.9 Å². The normalized spacial score (nSPS) is 13.9. The van der Waals surface area contributed by atoms with Crippen molar-refractivity contribution in [3.05, 3.63) is 90.0 Å². The third kappa shape index (κ3) is 3.36. The molecule has 5 rings (SSSR count). The van der Waals surface area contributed by atoms with Gasteiger partial charge in [-0.15, -0.1) is 0 Å². The number of pyridine rings is 1. The van der Waals surface area contributed by atoms with Crippen molar-refractivity contribution < 1.29 is 9.53 Å². The van der Waals surface area contributed by atoms with Crippen molar-refractivity contribution in [2.45, 2.75) is 19.5 Å². The van der Waals surface area contributed by atoms with E-state index >= 15 is 0 Å². The van der Waals surface area contributed by atoms with Gasteiger partial charge in [-0.05, 0) is 59.5 Å². The monoisotopic (exact) mass is 410 g/mol. The lowest BCUT2D eigenvalue weighted by molar-refractivity contribution is 0.0715. The van der Waals surface area contributed by atoms with Gasteiger partial charge in [-0.1, -0.05) is 18.2 Å². The first-order valence-electron chi connectivity index (χ1n) is 10.2. The molecule has 154 valence electrons. The molecule has 2 aromatic carbocycles. The number of rotatable bonds is 5. The van der Waals surface area contributed by atoms with Crippen molar-refractivity contribution in [3.63, 3.8) is 0 Å². The zero-order valence-electron chi connectivity index (χ0n) is 17.4. The zero-order chi connectivity index (χ0) is 21.4. The largest absolute Gasteiger partial charge is 0.497 e. The molecule has 0 spiro atoms. The van der Waals surface area contributed by atoms with Crippen LogP contribution >= 0.6 is 0 Å². The van der Waals surface area contributed by atoms with Crippen LogP contribution in [0.5, 0.6) is 5.75 Å². The lowest BCUT2D eigenvalue weighted by Crippen LogP contribution is -2.27. The molecular formula is C25H22N4O2. The Morgan fingerprint density at radius 1 is 1.03 bits per heavy atom. The van der Waals surface area contributed by atoms with Gasteiger partial charge >= 0.3 is 0 Å². The third-order valence-corrected chi connectivity index (χ3v) is 5.92. The topological polar surface area (TPSA) is 71.1 Å². The van der Waals surface area contributed by atoms with Crippen LogP contribution in [-0.2, 0) is 6.54 Å². The number of benzene rings is 2. The SMILES string of the molecule is COc1cccc([C@@H](C)N2Cc3c(cc(-c4cn[nH]c4)cc3-c3cccnc3)C2=O)c1. The van der Waals surface area contributed by atoms with Crippen LogP contribution in [0.4, 0.5) is 0 Å². The molecule has 4 aromatic rings. The van der Waals surface area contributed by atoms with Crippen LogP contribution < -0.4 is 4.74 Å². The minimum Gasteiger partial charge on any atom is -0.497 e. The van der Waals surface area contributed by atoms with Crippen molar-refractivity contribution in [1.29, 1.82) is 0 Å². The van der Waals surface area contributed by atoms with Gasteiger partial charge in [0, 0.05) is 41.8 Å². The highest BCUT2D eigenvalue weighted by Crippen LogP contribution is 2.39. The summed E-state index contributed by atoms with van der Waals surface area (Å²) in [6.45, 7) is 2.60. The second kappa shape index (κ2) is 7.72. The maximum atomic E-state index is 13.5. The first-order valence-corrected chi connectivity index (χ1v) is 10.2. The fourth-order valence-electron chi connectivity index (χ4n) is 4.18. The third-order valence-electron chi connectivity index (χ3n) is 5.92. The molecule has 2 aromatic heterocycles. The van der Waals surface area contributed by atoms with Crippen LogP contribution in [0.25, 0.3) is 22.3 Å². The number of methoxy groups -OCH3 is 1. The van der Waals surface area contributed by atoms with Crippen LogP contribution in [0.2, 0.25) is 0 Å². The van der Waals surface area contributed by atoms with E-state index in [0.29, 0.717) is 6.54 Å². The number of fused-ring (bicyclic) bond motifs is 1. The number of carbonyl (C=O) groups is 1. The van der Waals surface area contributed by atoms with Crippen LogP contribution in [0.3, 0.4) is 0 Å². The van der Waals surface area contributed by atoms with E-state index in [9.17, 15) is 4.79 Å². The maximum Gasteiger partial charge on any atom is 0.255 e. The molecule has 0 fully saturated rings. The van der Waals surface area contributed by atoms with Crippen molar-refractivity contribution in [1.82, 2.24) is 20.1 Å². The van der Waals surface area contributed by atoms with Gasteiger partial charge in [0.2, 0.25) is 0 Å². The summed E-state index contributed by atoms with van der Waals surface area (Å²) < 4.78 is 5.37. The van der Waals surface area contributed by atoms with Crippen molar-refractivity contribution in [3.8, 4) is 28.0 Å². The van der Waals surface area contributed by atoms with E-state index in [-0.39, 0.29) is 11.9 Å². The molecule has 6 heteroatoms. The molecule has 31 heavy (non-hydrogen) atoms. The number of carbonyl (C=O) groups excluding carboxylic acids is 1. The molecule has 1 aliphatic heterocycles. The summed E-state index contributed by atoms with van der Waals surface area (Å²) in [6, 6.07) is 15.8. The van der Waals surface area contributed by atoms with E-state index in [4.69, 9.17) is 4.74 Å². The Balaban J connectivity index is 1.60. The average molecular weight is 410 g/mol. The molecule has 1 atom stereocenters. The Morgan fingerprint density at radius 3 is 2.65 bits per heavy atom. The highest BCUT2D eigenvalue weighted by Gasteiger charge is 2.34. The summed E-state index contributed by atoms with van der Waals surface area (Å²) in [5.74, 6) is 0.813. The van der Waals surface area contributed by atoms with Gasteiger partial charge in [-0.2, -0.15) is 5.10 Å². The van der Waals surface area contributed by atoms with Crippen molar-refractivity contribution in [2.75, 3.05) is 7.11 Å². The number of nitrogens with one attached hydrogen (secondary N) is 1. The second-order valence-electron chi connectivity index (χ2n) is 7.66. The highest BCUT2D eigenvalue weighted by atomic mass is 16.5. The van der Waals surface area contributed by atoms with Gasteiger partial charge in [-0.25, -0.2) is 0 Å². The fraction of sp³-hybridized carbons (Fsp3) is 0.160. The van der Waals surface area contributed by atoms with Gasteiger partial charge in [0.05, 0.1) is 19.3 Å². The van der Waals surface area contributed by atoms with Crippen molar-refractivity contribution in [2.24, 2.45) is 0 Å². The summed E-state index contributed by atoms with van der Waals surface area (Å²) in [6.07, 6.45) is 7.20. The quantitative estimate of drug-likeness (QED) is 0.510. The molecule has 0 aliphatic carbocycles. The molecule has 0 saturated heterocycles. The number of ether oxygens (including phenoxy) is 1. The number of hydrogen-bond acceptors (Lipinski definition) is 4. The van der Waals surface area contributed by atoms with Gasteiger partial charge in [0.25, 0.3) is 5.91 Å². The van der Waals surface area contributed by atoms with Crippen molar-refractivity contribution >= 4 is 5.91 Å². The molecule has 1 N–H and O–H groups in total. The van der Waals surface area contributed by atoms with Crippen LogP contribution in [0.15, 0.2) is 73.3 Å². The molecule has 1 amide bonds. The Labute approximate surface area is 180 Å². The summed E-state index contributed by atoms with van der Waals surface area (Å²) in [5.41, 5.74) is 6.71. The van der Waals surface area contributed by atoms with Gasteiger partial charge in [0.15, 0.2) is 0 Å². The molecule has 0 bridgehead atoms. The first-order chi connectivity index (χ1) is 15.2. The minimum absolute atomic E-state index is 0.0285. The molecule has 1 aliphatic rings. The molecular weight excluding hydrogens is 388 g/mol. The number of aromatic amines is 1. The van der Waals surface area contributed by atoms with E-state index in [2.05, 4.69) is 28.2 Å². The number of aromatic nitrogens is 3. The smallest absolute Gasteiger partial charge is 0.255 e. The first kappa shape index (κ1) is 19.1. The van der Waals surface area contributed by atoms with E-state index in [1.54, 1.807) is 19.5 Å². The molecule has 6 nitrogen and oxygen atoms in total. The van der Waals surface area contributed by atoms with Crippen LogP contribution in [0, 0.1) is 0 Å². The number of hydrogen-bond donors (Lipinski definition) is 1. The van der Waals surface area contributed by atoms with Gasteiger partial charge in [0.1, 0.15) is 5.75 Å². The van der Waals surface area contributed by atoms with E-state index in [1.165, 1.54) is 0 Å². The fourth-order valence-corrected chi connectivity index (χ4v) is 4.18. The van der Waals surface area contributed by atoms with Crippen LogP contribution in [-0.4, -0.2) is 33.1 Å². The predicted octanol–water partition coefficient (Wildman–Crippen LogP) is 4.86. The van der Waals surface area contributed by atoms with E-state index in [1.807, 2.05) is 59.8 Å². The Bertz CT molecular complexity index is 1240. The average Bonchev–Trinajstić information content (AvgIpc) is 3.47. The van der Waals surface area contributed by atoms with E-state index < -0.39 is 0 Å². The maximum absolute atomic E-state index is 13.5. The standard InChI is InChI=1S/C25H22N4O2/c1-16(17-5-3-7-21(9-17)31-2)29-15-24-22(18-6-4-8-26-12-18)10-19(11-23(24)25(29)30)20-13-27-28-14-20/h3-14,16H,15H2,1-2H3,(H,27,28)/t16-/m1/s1. The highest BCUT2D eigenvalue weighted by molar-refractivity contribution is 6.02. The second-order valence-corrected chi connectivity index (χ2v) is 7.66. The summed E-state index contributed by atoms with van der Waals surface area (Å²) in [7, 11) is 1.65. The molecule has 0 radical (unpaired) electrons. The Hall–Kier alpha value is -3.93. The lowest BCUT2D eigenvalue weighted by Gasteiger charge is -2.25. The van der Waals surface area contributed by atoms with E-state index in [0.717, 1.165) is 44.7 Å². The predicted molar refractivity (Wildman–Crippen MR) is 119 cm³/mol. The van der Waals surface area contributed by atoms with Gasteiger partial charge < -0.3 is 9.64 Å². The molecule has 0 saturated carbocycles. The summed E-state index contributed by atoms with van der Waals surface area (Å²) in [4.78, 5) is 19.7. The molecule has 3 heterocycles. The Morgan fingerprint density at radius 2 is 1.90 bits per heavy atom. The lowest BCUT2D eigenvalue weighted by atomic mass is 9.93. The summed E-state index contributed by atoms with van der Waals surface area (Å²) >= 11 is 0. The zero-order valence-corrected chi connectivity index (χ0v) is 17.4. The number of H-pyrrole nitrogens is 1. The van der Waals surface area contributed by atoms with Crippen LogP contribution in [0.1, 0.15) is 34.5 Å². The number of nitrogens with zero attached hydrogens (tertiary/aromatic N) is 3. The molecule has 0 unspecified atom stereocenters. The summed E-state index contributed by atoms with van der Waals surface area (Å²) in [5, 5.41) is 6.92. The minimum atomic E-state index is -0.0888. The number of amides is 1.